The molecule has 2 aliphatic heterocycles. The summed E-state index contributed by atoms with van der Waals surface area (Å²) in [5, 5.41) is 2.91. The van der Waals surface area contributed by atoms with E-state index in [1.54, 1.807) is 12.1 Å². The summed E-state index contributed by atoms with van der Waals surface area (Å²) in [5.41, 5.74) is 0.361. The van der Waals surface area contributed by atoms with Gasteiger partial charge in [0.25, 0.3) is 0 Å². The van der Waals surface area contributed by atoms with Crippen molar-refractivity contribution in [3.8, 4) is 11.5 Å². The van der Waals surface area contributed by atoms with Crippen molar-refractivity contribution in [3.63, 3.8) is 0 Å². The van der Waals surface area contributed by atoms with E-state index >= 15 is 0 Å². The molecule has 0 aromatic heterocycles. The van der Waals surface area contributed by atoms with Crippen LogP contribution in [-0.2, 0) is 9.53 Å². The Bertz CT molecular complexity index is 476. The number of carbonyl (C=O) groups excluding carboxylic acids is 1. The lowest BCUT2D eigenvalue weighted by atomic mass is 9.82. The van der Waals surface area contributed by atoms with E-state index in [0.29, 0.717) is 24.7 Å². The van der Waals surface area contributed by atoms with Crippen LogP contribution >= 0.6 is 0 Å². The summed E-state index contributed by atoms with van der Waals surface area (Å²) in [6.45, 7) is 3.24. The van der Waals surface area contributed by atoms with Crippen molar-refractivity contribution in [2.45, 2.75) is 13.3 Å². The van der Waals surface area contributed by atoms with Gasteiger partial charge in [-0.1, -0.05) is 6.92 Å². The van der Waals surface area contributed by atoms with Gasteiger partial charge in [-0.2, -0.15) is 0 Å². The Kier molecular flexibility index (Phi) is 2.63. The van der Waals surface area contributed by atoms with Crippen LogP contribution in [0.15, 0.2) is 18.2 Å². The lowest BCUT2D eigenvalue weighted by molar-refractivity contribution is -0.156. The first-order chi connectivity index (χ1) is 8.73. The Balaban J connectivity index is 1.74. The van der Waals surface area contributed by atoms with Crippen molar-refractivity contribution >= 4 is 11.6 Å². The number of anilines is 1. The van der Waals surface area contributed by atoms with Gasteiger partial charge >= 0.3 is 0 Å². The molecule has 1 N–H and O–H groups in total. The minimum Gasteiger partial charge on any atom is -0.454 e. The molecule has 1 saturated heterocycles. The first-order valence-electron chi connectivity index (χ1n) is 6.02. The molecule has 1 aromatic carbocycles. The third-order valence-electron chi connectivity index (χ3n) is 3.55. The van der Waals surface area contributed by atoms with Gasteiger partial charge in [0, 0.05) is 11.8 Å². The summed E-state index contributed by atoms with van der Waals surface area (Å²) in [7, 11) is 0. The molecule has 0 spiro atoms. The molecule has 5 nitrogen and oxygen atoms in total. The number of hydrogen-bond donors (Lipinski definition) is 1. The van der Waals surface area contributed by atoms with Crippen LogP contribution in [0.25, 0.3) is 0 Å². The van der Waals surface area contributed by atoms with Crippen molar-refractivity contribution in [1.29, 1.82) is 0 Å². The van der Waals surface area contributed by atoms with Crippen molar-refractivity contribution in [2.75, 3.05) is 25.3 Å². The highest BCUT2D eigenvalue weighted by Gasteiger charge is 2.44. The van der Waals surface area contributed by atoms with Crippen LogP contribution < -0.4 is 14.8 Å². The van der Waals surface area contributed by atoms with Crippen LogP contribution in [0, 0.1) is 5.41 Å². The van der Waals surface area contributed by atoms with E-state index in [0.717, 1.165) is 12.1 Å². The van der Waals surface area contributed by atoms with Gasteiger partial charge in [-0.3, -0.25) is 4.79 Å². The van der Waals surface area contributed by atoms with Gasteiger partial charge in [0.15, 0.2) is 11.5 Å². The Morgan fingerprint density at radius 1 is 1.33 bits per heavy atom. The van der Waals surface area contributed by atoms with Crippen molar-refractivity contribution in [2.24, 2.45) is 5.41 Å². The number of fused-ring (bicyclic) bond motifs is 1. The second-order valence-corrected chi connectivity index (χ2v) is 4.65. The van der Waals surface area contributed by atoms with Crippen molar-refractivity contribution in [1.82, 2.24) is 0 Å². The fourth-order valence-electron chi connectivity index (χ4n) is 2.08. The topological polar surface area (TPSA) is 56.8 Å². The molecular weight excluding hydrogens is 234 g/mol. The van der Waals surface area contributed by atoms with E-state index in [2.05, 4.69) is 5.32 Å². The highest BCUT2D eigenvalue weighted by molar-refractivity contribution is 5.96. The molecule has 1 aromatic rings. The van der Waals surface area contributed by atoms with E-state index in [-0.39, 0.29) is 18.1 Å². The SMILES string of the molecule is CCC1(C(=O)Nc2ccc3c(c2)OCO3)COC1. The van der Waals surface area contributed by atoms with Gasteiger partial charge in [-0.25, -0.2) is 0 Å². The molecule has 2 heterocycles. The highest BCUT2D eigenvalue weighted by atomic mass is 16.7. The molecule has 0 aliphatic carbocycles. The Morgan fingerprint density at radius 3 is 2.78 bits per heavy atom. The average Bonchev–Trinajstić information content (AvgIpc) is 2.75. The van der Waals surface area contributed by atoms with Crippen LogP contribution in [0.3, 0.4) is 0 Å². The van der Waals surface area contributed by atoms with Gasteiger partial charge in [0.2, 0.25) is 12.7 Å². The van der Waals surface area contributed by atoms with E-state index < -0.39 is 0 Å². The zero-order valence-corrected chi connectivity index (χ0v) is 10.2. The number of ether oxygens (including phenoxy) is 3. The van der Waals surface area contributed by atoms with Crippen LogP contribution in [0.4, 0.5) is 5.69 Å². The minimum absolute atomic E-state index is 0.00937. The molecule has 18 heavy (non-hydrogen) atoms. The fraction of sp³-hybridized carbons (Fsp3) is 0.462. The van der Waals surface area contributed by atoms with Crippen LogP contribution in [0.1, 0.15) is 13.3 Å². The Morgan fingerprint density at radius 2 is 2.11 bits per heavy atom. The van der Waals surface area contributed by atoms with E-state index in [1.165, 1.54) is 0 Å². The van der Waals surface area contributed by atoms with Crippen LogP contribution in [-0.4, -0.2) is 25.9 Å². The number of amides is 1. The number of carbonyl (C=O) groups is 1. The first-order valence-corrected chi connectivity index (χ1v) is 6.02. The molecular formula is C13H15NO4. The molecule has 3 rings (SSSR count). The fourth-order valence-corrected chi connectivity index (χ4v) is 2.08. The lowest BCUT2D eigenvalue weighted by Crippen LogP contribution is -2.51. The predicted molar refractivity (Wildman–Crippen MR) is 64.7 cm³/mol. The number of rotatable bonds is 3. The molecule has 1 fully saturated rings. The third kappa shape index (κ3) is 1.71. The summed E-state index contributed by atoms with van der Waals surface area (Å²) >= 11 is 0. The molecule has 0 bridgehead atoms. The largest absolute Gasteiger partial charge is 0.454 e. The van der Waals surface area contributed by atoms with Gasteiger partial charge < -0.3 is 19.5 Å². The molecule has 1 amide bonds. The molecule has 0 atom stereocenters. The molecule has 96 valence electrons. The molecule has 0 saturated carbocycles. The summed E-state index contributed by atoms with van der Waals surface area (Å²) in [4.78, 5) is 12.2. The Hall–Kier alpha value is -1.75. The summed E-state index contributed by atoms with van der Waals surface area (Å²) in [6.07, 6.45) is 0.781. The Labute approximate surface area is 105 Å². The van der Waals surface area contributed by atoms with Crippen molar-refractivity contribution < 1.29 is 19.0 Å². The summed E-state index contributed by atoms with van der Waals surface area (Å²) in [6, 6.07) is 5.39. The number of hydrogen-bond acceptors (Lipinski definition) is 4. The minimum atomic E-state index is -0.365. The van der Waals surface area contributed by atoms with E-state index in [4.69, 9.17) is 14.2 Å². The quantitative estimate of drug-likeness (QED) is 0.887. The zero-order chi connectivity index (χ0) is 12.6. The second kappa shape index (κ2) is 4.17. The standard InChI is InChI=1S/C13H15NO4/c1-2-13(6-16-7-13)12(15)14-9-3-4-10-11(5-9)18-8-17-10/h3-5H,2,6-8H2,1H3,(H,14,15). The van der Waals surface area contributed by atoms with Crippen LogP contribution in [0.2, 0.25) is 0 Å². The maximum absolute atomic E-state index is 12.2. The van der Waals surface area contributed by atoms with Gasteiger partial charge in [-0.05, 0) is 18.6 Å². The number of benzene rings is 1. The van der Waals surface area contributed by atoms with Crippen molar-refractivity contribution in [3.05, 3.63) is 18.2 Å². The molecule has 5 heteroatoms. The summed E-state index contributed by atoms with van der Waals surface area (Å²) < 4.78 is 15.7. The zero-order valence-electron chi connectivity index (χ0n) is 10.2. The maximum Gasteiger partial charge on any atom is 0.235 e. The smallest absolute Gasteiger partial charge is 0.235 e. The summed E-state index contributed by atoms with van der Waals surface area (Å²) in [5.74, 6) is 1.39. The first kappa shape index (κ1) is 11.3. The van der Waals surface area contributed by atoms with Crippen LogP contribution in [0.5, 0.6) is 11.5 Å². The monoisotopic (exact) mass is 249 g/mol. The van der Waals surface area contributed by atoms with Gasteiger partial charge in [0.05, 0.1) is 18.6 Å². The second-order valence-electron chi connectivity index (χ2n) is 4.65. The highest BCUT2D eigenvalue weighted by Crippen LogP contribution is 2.36. The van der Waals surface area contributed by atoms with Gasteiger partial charge in [0.1, 0.15) is 0 Å². The average molecular weight is 249 g/mol. The maximum atomic E-state index is 12.2. The number of nitrogens with one attached hydrogen (secondary N) is 1. The van der Waals surface area contributed by atoms with E-state index in [1.807, 2.05) is 13.0 Å². The molecule has 2 aliphatic rings. The normalized spacial score (nSPS) is 19.2. The molecule has 0 unspecified atom stereocenters. The third-order valence-corrected chi connectivity index (χ3v) is 3.55. The lowest BCUT2D eigenvalue weighted by Gasteiger charge is -2.38. The van der Waals surface area contributed by atoms with Gasteiger partial charge in [-0.15, -0.1) is 0 Å². The predicted octanol–water partition coefficient (Wildman–Crippen LogP) is 1.78. The van der Waals surface area contributed by atoms with E-state index in [9.17, 15) is 4.79 Å². The molecule has 0 radical (unpaired) electrons.